The zero-order valence-corrected chi connectivity index (χ0v) is 13.0. The maximum atomic E-state index is 11.6. The number of nitrogens with two attached hydrogens (primary N) is 1. The molecule has 1 fully saturated rings. The maximum Gasteiger partial charge on any atom is 0.224 e. The Morgan fingerprint density at radius 3 is 2.67 bits per heavy atom. The van der Waals surface area contributed by atoms with Crippen molar-refractivity contribution in [3.05, 3.63) is 17.7 Å². The second-order valence-electron chi connectivity index (χ2n) is 6.77. The van der Waals surface area contributed by atoms with Crippen molar-refractivity contribution in [3.63, 3.8) is 0 Å². The Hall–Kier alpha value is -1.71. The SMILES string of the molecule is CCC1(C)CCN(c2cc3c(cc2N)CCC(=O)N3)CC1. The topological polar surface area (TPSA) is 58.4 Å². The molecule has 0 bridgehead atoms. The molecule has 0 saturated carbocycles. The molecule has 0 unspecified atom stereocenters. The lowest BCUT2D eigenvalue weighted by Crippen LogP contribution is -2.38. The summed E-state index contributed by atoms with van der Waals surface area (Å²) < 4.78 is 0. The Balaban J connectivity index is 1.83. The normalized spacial score (nSPS) is 20.9. The lowest BCUT2D eigenvalue weighted by atomic mass is 9.78. The van der Waals surface area contributed by atoms with Gasteiger partial charge < -0.3 is 16.0 Å². The number of carbonyl (C=O) groups excluding carboxylic acids is 1. The van der Waals surface area contributed by atoms with Crippen LogP contribution in [0.3, 0.4) is 0 Å². The van der Waals surface area contributed by atoms with Gasteiger partial charge in [-0.1, -0.05) is 20.3 Å². The van der Waals surface area contributed by atoms with Crippen molar-refractivity contribution in [1.29, 1.82) is 0 Å². The van der Waals surface area contributed by atoms with Crippen molar-refractivity contribution < 1.29 is 4.79 Å². The molecule has 0 spiro atoms. The number of nitrogens with one attached hydrogen (secondary N) is 1. The largest absolute Gasteiger partial charge is 0.397 e. The molecule has 2 aliphatic heterocycles. The highest BCUT2D eigenvalue weighted by atomic mass is 16.1. The molecule has 2 heterocycles. The van der Waals surface area contributed by atoms with Gasteiger partial charge in [0.25, 0.3) is 0 Å². The number of amides is 1. The van der Waals surface area contributed by atoms with Crippen molar-refractivity contribution in [3.8, 4) is 0 Å². The van der Waals surface area contributed by atoms with Gasteiger partial charge in [-0.25, -0.2) is 0 Å². The summed E-state index contributed by atoms with van der Waals surface area (Å²) in [6.07, 6.45) is 4.99. The number of rotatable bonds is 2. The van der Waals surface area contributed by atoms with Crippen LogP contribution in [-0.4, -0.2) is 19.0 Å². The van der Waals surface area contributed by atoms with Crippen LogP contribution in [0.4, 0.5) is 17.1 Å². The number of piperidine rings is 1. The number of fused-ring (bicyclic) bond motifs is 1. The van der Waals surface area contributed by atoms with Gasteiger partial charge in [-0.3, -0.25) is 4.79 Å². The number of nitrogens with zero attached hydrogens (tertiary/aromatic N) is 1. The minimum absolute atomic E-state index is 0.107. The van der Waals surface area contributed by atoms with E-state index in [9.17, 15) is 4.79 Å². The van der Waals surface area contributed by atoms with Crippen LogP contribution in [0.5, 0.6) is 0 Å². The molecule has 4 nitrogen and oxygen atoms in total. The van der Waals surface area contributed by atoms with Gasteiger partial charge in [0.2, 0.25) is 5.91 Å². The van der Waals surface area contributed by atoms with Crippen LogP contribution in [0.2, 0.25) is 0 Å². The quantitative estimate of drug-likeness (QED) is 0.821. The van der Waals surface area contributed by atoms with Crippen LogP contribution >= 0.6 is 0 Å². The zero-order valence-electron chi connectivity index (χ0n) is 13.0. The number of hydrogen-bond acceptors (Lipinski definition) is 3. The molecule has 0 radical (unpaired) electrons. The van der Waals surface area contributed by atoms with Crippen LogP contribution in [0.25, 0.3) is 0 Å². The summed E-state index contributed by atoms with van der Waals surface area (Å²) in [6, 6.07) is 4.11. The second kappa shape index (κ2) is 5.24. The molecule has 0 aliphatic carbocycles. The summed E-state index contributed by atoms with van der Waals surface area (Å²) in [4.78, 5) is 13.9. The molecule has 3 N–H and O–H groups in total. The van der Waals surface area contributed by atoms with E-state index in [1.807, 2.05) is 6.07 Å². The minimum atomic E-state index is 0.107. The van der Waals surface area contributed by atoms with Crippen molar-refractivity contribution in [1.82, 2.24) is 0 Å². The molecule has 3 rings (SSSR count). The number of aryl methyl sites for hydroxylation is 1. The molecule has 2 aliphatic rings. The van der Waals surface area contributed by atoms with Gasteiger partial charge >= 0.3 is 0 Å². The highest BCUT2D eigenvalue weighted by Gasteiger charge is 2.29. The van der Waals surface area contributed by atoms with Crippen molar-refractivity contribution >= 4 is 23.0 Å². The molecule has 1 saturated heterocycles. The zero-order chi connectivity index (χ0) is 15.0. The predicted molar refractivity (Wildman–Crippen MR) is 87.7 cm³/mol. The molecule has 1 aromatic rings. The van der Waals surface area contributed by atoms with E-state index >= 15 is 0 Å². The van der Waals surface area contributed by atoms with E-state index < -0.39 is 0 Å². The first kappa shape index (κ1) is 14.2. The van der Waals surface area contributed by atoms with Gasteiger partial charge in [-0.15, -0.1) is 0 Å². The number of hydrogen-bond donors (Lipinski definition) is 2. The Bertz CT molecular complexity index is 559. The standard InChI is InChI=1S/C17H25N3O/c1-3-17(2)6-8-20(9-7-17)15-11-14-12(10-13(15)18)4-5-16(21)19-14/h10-11H,3-9,18H2,1-2H3,(H,19,21). The third-order valence-corrected chi connectivity index (χ3v) is 5.31. The fraction of sp³-hybridized carbons (Fsp3) is 0.588. The predicted octanol–water partition coefficient (Wildman–Crippen LogP) is 3.17. The first-order valence-corrected chi connectivity index (χ1v) is 7.98. The molecule has 1 aromatic carbocycles. The Morgan fingerprint density at radius 1 is 1.29 bits per heavy atom. The van der Waals surface area contributed by atoms with E-state index in [0.29, 0.717) is 11.8 Å². The first-order chi connectivity index (χ1) is 10.0. The summed E-state index contributed by atoms with van der Waals surface area (Å²) in [5.74, 6) is 0.107. The second-order valence-corrected chi connectivity index (χ2v) is 6.77. The lowest BCUT2D eigenvalue weighted by Gasteiger charge is -2.40. The van der Waals surface area contributed by atoms with Crippen molar-refractivity contribution in [2.75, 3.05) is 29.0 Å². The van der Waals surface area contributed by atoms with Crippen molar-refractivity contribution in [2.45, 2.75) is 46.0 Å². The molecule has 114 valence electrons. The number of carbonyl (C=O) groups is 1. The van der Waals surface area contributed by atoms with Gasteiger partial charge in [0.05, 0.1) is 11.4 Å². The molecule has 21 heavy (non-hydrogen) atoms. The van der Waals surface area contributed by atoms with Crippen LogP contribution in [0.15, 0.2) is 12.1 Å². The fourth-order valence-electron chi connectivity index (χ4n) is 3.35. The average molecular weight is 287 g/mol. The lowest BCUT2D eigenvalue weighted by molar-refractivity contribution is -0.116. The van der Waals surface area contributed by atoms with E-state index in [0.717, 1.165) is 42.1 Å². The van der Waals surface area contributed by atoms with E-state index in [-0.39, 0.29) is 5.91 Å². The van der Waals surface area contributed by atoms with E-state index in [1.54, 1.807) is 0 Å². The monoisotopic (exact) mass is 287 g/mol. The highest BCUT2D eigenvalue weighted by Crippen LogP contribution is 2.39. The summed E-state index contributed by atoms with van der Waals surface area (Å²) in [5, 5.41) is 2.97. The van der Waals surface area contributed by atoms with E-state index in [2.05, 4.69) is 30.1 Å². The number of anilines is 3. The molecule has 0 aromatic heterocycles. The van der Waals surface area contributed by atoms with Crippen molar-refractivity contribution in [2.24, 2.45) is 5.41 Å². The minimum Gasteiger partial charge on any atom is -0.397 e. The summed E-state index contributed by atoms with van der Waals surface area (Å²) >= 11 is 0. The number of benzene rings is 1. The van der Waals surface area contributed by atoms with E-state index in [1.165, 1.54) is 19.3 Å². The van der Waals surface area contributed by atoms with Crippen LogP contribution in [0, 0.1) is 5.41 Å². The number of nitrogen functional groups attached to an aromatic ring is 1. The third-order valence-electron chi connectivity index (χ3n) is 5.31. The van der Waals surface area contributed by atoms with Crippen LogP contribution < -0.4 is 16.0 Å². The summed E-state index contributed by atoms with van der Waals surface area (Å²) in [5.41, 5.74) is 10.7. The van der Waals surface area contributed by atoms with Crippen LogP contribution in [0.1, 0.15) is 45.1 Å². The highest BCUT2D eigenvalue weighted by molar-refractivity contribution is 5.95. The Morgan fingerprint density at radius 2 is 2.00 bits per heavy atom. The molecule has 0 atom stereocenters. The van der Waals surface area contributed by atoms with Gasteiger partial charge in [0, 0.05) is 25.2 Å². The molecular weight excluding hydrogens is 262 g/mol. The maximum absolute atomic E-state index is 11.6. The molecular formula is C17H25N3O. The van der Waals surface area contributed by atoms with Crippen LogP contribution in [-0.2, 0) is 11.2 Å². The van der Waals surface area contributed by atoms with Gasteiger partial charge in [0.15, 0.2) is 0 Å². The smallest absolute Gasteiger partial charge is 0.224 e. The van der Waals surface area contributed by atoms with E-state index in [4.69, 9.17) is 5.73 Å². The Labute approximate surface area is 126 Å². The third kappa shape index (κ3) is 2.71. The first-order valence-electron chi connectivity index (χ1n) is 7.98. The summed E-state index contributed by atoms with van der Waals surface area (Å²) in [7, 11) is 0. The molecule has 4 heteroatoms. The molecule has 1 amide bonds. The van der Waals surface area contributed by atoms with Gasteiger partial charge in [0.1, 0.15) is 0 Å². The van der Waals surface area contributed by atoms with Gasteiger partial charge in [-0.2, -0.15) is 0 Å². The Kier molecular flexibility index (Phi) is 3.56. The summed E-state index contributed by atoms with van der Waals surface area (Å²) in [6.45, 7) is 6.74. The fourth-order valence-corrected chi connectivity index (χ4v) is 3.35. The average Bonchev–Trinajstić information content (AvgIpc) is 2.48. The van der Waals surface area contributed by atoms with Gasteiger partial charge in [-0.05, 0) is 42.4 Å².